The van der Waals surface area contributed by atoms with Crippen molar-refractivity contribution in [2.45, 2.75) is 19.4 Å². The van der Waals surface area contributed by atoms with Crippen molar-refractivity contribution in [1.82, 2.24) is 10.2 Å². The molecule has 110 valence electrons. The Kier molecular flexibility index (Phi) is 4.84. The number of amides is 1. The van der Waals surface area contributed by atoms with Crippen LogP contribution in [-0.2, 0) is 11.2 Å². The molecule has 0 saturated carbocycles. The number of hydrogen-bond acceptors (Lipinski definition) is 4. The maximum absolute atomic E-state index is 12.4. The number of nitrogens with zero attached hydrogens (tertiary/aromatic N) is 1. The number of rotatable bonds is 4. The van der Waals surface area contributed by atoms with E-state index in [0.29, 0.717) is 6.42 Å². The average Bonchev–Trinajstić information content (AvgIpc) is 2.47. The molecule has 0 bridgehead atoms. The second-order valence-electron chi connectivity index (χ2n) is 4.99. The Bertz CT molecular complexity index is 476. The van der Waals surface area contributed by atoms with Crippen LogP contribution in [-0.4, -0.2) is 50.7 Å². The number of carbonyl (C=O) groups is 1. The number of methoxy groups -OCH3 is 2. The van der Waals surface area contributed by atoms with E-state index in [4.69, 9.17) is 9.47 Å². The Morgan fingerprint density at radius 1 is 1.40 bits per heavy atom. The third-order valence-electron chi connectivity index (χ3n) is 3.65. The fraction of sp³-hybridized carbons (Fsp3) is 0.533. The summed E-state index contributed by atoms with van der Waals surface area (Å²) in [5.41, 5.74) is 0.864. The van der Waals surface area contributed by atoms with E-state index >= 15 is 0 Å². The number of carbonyl (C=O) groups excluding carboxylic acids is 1. The van der Waals surface area contributed by atoms with Crippen LogP contribution in [0.15, 0.2) is 18.2 Å². The molecule has 1 saturated heterocycles. The maximum atomic E-state index is 12.4. The number of benzene rings is 1. The van der Waals surface area contributed by atoms with Gasteiger partial charge in [0, 0.05) is 31.2 Å². The van der Waals surface area contributed by atoms with Crippen molar-refractivity contribution in [3.05, 3.63) is 23.8 Å². The van der Waals surface area contributed by atoms with Crippen molar-refractivity contribution >= 4 is 5.91 Å². The average molecular weight is 278 g/mol. The van der Waals surface area contributed by atoms with Gasteiger partial charge >= 0.3 is 0 Å². The van der Waals surface area contributed by atoms with Crippen molar-refractivity contribution in [2.75, 3.05) is 33.9 Å². The SMILES string of the molecule is COc1ccc(OC)c(CC(=O)N2CCNCC2C)c1. The quantitative estimate of drug-likeness (QED) is 0.895. The number of ether oxygens (including phenoxy) is 2. The predicted molar refractivity (Wildman–Crippen MR) is 77.3 cm³/mol. The summed E-state index contributed by atoms with van der Waals surface area (Å²) in [6.07, 6.45) is 0.338. The van der Waals surface area contributed by atoms with Gasteiger partial charge in [-0.05, 0) is 25.1 Å². The largest absolute Gasteiger partial charge is 0.497 e. The molecule has 1 atom stereocenters. The van der Waals surface area contributed by atoms with Gasteiger partial charge in [-0.3, -0.25) is 4.79 Å². The Morgan fingerprint density at radius 3 is 2.85 bits per heavy atom. The van der Waals surface area contributed by atoms with Crippen molar-refractivity contribution in [1.29, 1.82) is 0 Å². The summed E-state index contributed by atoms with van der Waals surface area (Å²) in [6, 6.07) is 5.76. The van der Waals surface area contributed by atoms with Gasteiger partial charge in [-0.1, -0.05) is 0 Å². The lowest BCUT2D eigenvalue weighted by Gasteiger charge is -2.34. The zero-order valence-electron chi connectivity index (χ0n) is 12.3. The second-order valence-corrected chi connectivity index (χ2v) is 4.99. The molecular weight excluding hydrogens is 256 g/mol. The molecule has 5 nitrogen and oxygen atoms in total. The first-order valence-electron chi connectivity index (χ1n) is 6.86. The van der Waals surface area contributed by atoms with Crippen LogP contribution in [0.5, 0.6) is 11.5 Å². The summed E-state index contributed by atoms with van der Waals surface area (Å²) in [4.78, 5) is 14.4. The van der Waals surface area contributed by atoms with Gasteiger partial charge in [0.05, 0.1) is 20.6 Å². The zero-order valence-corrected chi connectivity index (χ0v) is 12.3. The first-order chi connectivity index (χ1) is 9.65. The van der Waals surface area contributed by atoms with Crippen molar-refractivity contribution in [3.63, 3.8) is 0 Å². The monoisotopic (exact) mass is 278 g/mol. The van der Waals surface area contributed by atoms with E-state index in [9.17, 15) is 4.79 Å². The summed E-state index contributed by atoms with van der Waals surface area (Å²) < 4.78 is 10.5. The van der Waals surface area contributed by atoms with E-state index in [1.54, 1.807) is 14.2 Å². The molecule has 20 heavy (non-hydrogen) atoms. The summed E-state index contributed by atoms with van der Waals surface area (Å²) in [5, 5.41) is 3.29. The number of hydrogen-bond donors (Lipinski definition) is 1. The summed E-state index contributed by atoms with van der Waals surface area (Å²) in [7, 11) is 3.23. The molecule has 0 aromatic heterocycles. The second kappa shape index (κ2) is 6.61. The summed E-state index contributed by atoms with van der Waals surface area (Å²) in [6.45, 7) is 4.52. The van der Waals surface area contributed by atoms with Crippen molar-refractivity contribution in [2.24, 2.45) is 0 Å². The first-order valence-corrected chi connectivity index (χ1v) is 6.86. The highest BCUT2D eigenvalue weighted by molar-refractivity contribution is 5.80. The Hall–Kier alpha value is -1.75. The lowest BCUT2D eigenvalue weighted by Crippen LogP contribution is -2.52. The van der Waals surface area contributed by atoms with Crippen LogP contribution < -0.4 is 14.8 Å². The van der Waals surface area contributed by atoms with E-state index < -0.39 is 0 Å². The fourth-order valence-corrected chi connectivity index (χ4v) is 2.50. The maximum Gasteiger partial charge on any atom is 0.227 e. The summed E-state index contributed by atoms with van der Waals surface area (Å²) in [5.74, 6) is 1.59. The van der Waals surface area contributed by atoms with Crippen LogP contribution in [0.4, 0.5) is 0 Å². The third-order valence-corrected chi connectivity index (χ3v) is 3.65. The van der Waals surface area contributed by atoms with E-state index in [1.165, 1.54) is 0 Å². The molecule has 1 unspecified atom stereocenters. The molecule has 1 heterocycles. The van der Waals surface area contributed by atoms with Gasteiger partial charge in [0.15, 0.2) is 0 Å². The molecule has 1 amide bonds. The van der Waals surface area contributed by atoms with E-state index in [1.807, 2.05) is 23.1 Å². The molecule has 0 radical (unpaired) electrons. The molecule has 1 aromatic rings. The molecule has 0 spiro atoms. The highest BCUT2D eigenvalue weighted by Crippen LogP contribution is 2.25. The molecule has 2 rings (SSSR count). The minimum atomic E-state index is 0.130. The van der Waals surface area contributed by atoms with Gasteiger partial charge in [0.1, 0.15) is 11.5 Å². The number of nitrogens with one attached hydrogen (secondary N) is 1. The van der Waals surface area contributed by atoms with E-state index in [0.717, 1.165) is 36.7 Å². The minimum absolute atomic E-state index is 0.130. The van der Waals surface area contributed by atoms with Gasteiger partial charge in [-0.15, -0.1) is 0 Å². The number of piperazine rings is 1. The Morgan fingerprint density at radius 2 is 2.20 bits per heavy atom. The molecule has 1 N–H and O–H groups in total. The molecule has 1 aliphatic heterocycles. The van der Waals surface area contributed by atoms with Crippen LogP contribution in [0, 0.1) is 0 Å². The first kappa shape index (κ1) is 14.7. The lowest BCUT2D eigenvalue weighted by atomic mass is 10.1. The molecule has 5 heteroatoms. The van der Waals surface area contributed by atoms with Gasteiger partial charge in [0.2, 0.25) is 5.91 Å². The molecule has 1 aromatic carbocycles. The highest BCUT2D eigenvalue weighted by atomic mass is 16.5. The van der Waals surface area contributed by atoms with Gasteiger partial charge < -0.3 is 19.7 Å². The molecule has 0 aliphatic carbocycles. The van der Waals surface area contributed by atoms with Crippen LogP contribution in [0.25, 0.3) is 0 Å². The lowest BCUT2D eigenvalue weighted by molar-refractivity contribution is -0.133. The van der Waals surface area contributed by atoms with E-state index in [-0.39, 0.29) is 11.9 Å². The standard InChI is InChI=1S/C15H22N2O3/c1-11-10-16-6-7-17(11)15(18)9-12-8-13(19-2)4-5-14(12)20-3/h4-5,8,11,16H,6-7,9-10H2,1-3H3. The molecule has 1 aliphatic rings. The highest BCUT2D eigenvalue weighted by Gasteiger charge is 2.23. The van der Waals surface area contributed by atoms with Crippen LogP contribution in [0.1, 0.15) is 12.5 Å². The molecule has 1 fully saturated rings. The normalized spacial score (nSPS) is 18.8. The summed E-state index contributed by atoms with van der Waals surface area (Å²) >= 11 is 0. The van der Waals surface area contributed by atoms with Crippen molar-refractivity contribution < 1.29 is 14.3 Å². The van der Waals surface area contributed by atoms with Crippen LogP contribution in [0.3, 0.4) is 0 Å². The molecular formula is C15H22N2O3. The van der Waals surface area contributed by atoms with E-state index in [2.05, 4.69) is 12.2 Å². The van der Waals surface area contributed by atoms with Gasteiger partial charge in [-0.2, -0.15) is 0 Å². The minimum Gasteiger partial charge on any atom is -0.497 e. The fourth-order valence-electron chi connectivity index (χ4n) is 2.50. The van der Waals surface area contributed by atoms with Crippen LogP contribution >= 0.6 is 0 Å². The zero-order chi connectivity index (χ0) is 14.5. The van der Waals surface area contributed by atoms with Crippen LogP contribution in [0.2, 0.25) is 0 Å². The Balaban J connectivity index is 2.13. The van der Waals surface area contributed by atoms with Gasteiger partial charge in [-0.25, -0.2) is 0 Å². The Labute approximate surface area is 119 Å². The smallest absolute Gasteiger partial charge is 0.227 e. The van der Waals surface area contributed by atoms with Gasteiger partial charge in [0.25, 0.3) is 0 Å². The topological polar surface area (TPSA) is 50.8 Å². The predicted octanol–water partition coefficient (Wildman–Crippen LogP) is 1.07. The third kappa shape index (κ3) is 3.22. The van der Waals surface area contributed by atoms with Crippen molar-refractivity contribution in [3.8, 4) is 11.5 Å².